The fourth-order valence-corrected chi connectivity index (χ4v) is 3.04. The Morgan fingerprint density at radius 3 is 2.83 bits per heavy atom. The van der Waals surface area contributed by atoms with Crippen LogP contribution in [0.3, 0.4) is 0 Å². The lowest BCUT2D eigenvalue weighted by Gasteiger charge is -2.09. The molecular weight excluding hydrogens is 310 g/mol. The molecule has 0 saturated carbocycles. The second-order valence-electron chi connectivity index (χ2n) is 4.08. The van der Waals surface area contributed by atoms with Crippen molar-refractivity contribution in [2.75, 3.05) is 0 Å². The molecule has 2 N–H and O–H groups in total. The zero-order chi connectivity index (χ0) is 13.0. The molecule has 0 saturated heterocycles. The van der Waals surface area contributed by atoms with Gasteiger partial charge in [-0.1, -0.05) is 33.8 Å². The van der Waals surface area contributed by atoms with Gasteiger partial charge >= 0.3 is 0 Å². The molecule has 0 aliphatic rings. The number of rotatable bonds is 4. The first-order valence-electron chi connectivity index (χ1n) is 5.63. The number of nitrogens with two attached hydrogens (primary N) is 1. The van der Waals surface area contributed by atoms with E-state index in [1.807, 2.05) is 6.92 Å². The molecule has 2 aromatic rings. The number of benzene rings is 1. The lowest BCUT2D eigenvalue weighted by molar-refractivity contribution is 0.735. The van der Waals surface area contributed by atoms with E-state index in [-0.39, 0.29) is 6.04 Å². The van der Waals surface area contributed by atoms with E-state index in [0.29, 0.717) is 0 Å². The topological polar surface area (TPSA) is 51.8 Å². The van der Waals surface area contributed by atoms with Crippen molar-refractivity contribution >= 4 is 27.7 Å². The second-order valence-corrected chi connectivity index (χ2v) is 6.03. The molecule has 0 spiro atoms. The number of aromatic nitrogens is 2. The van der Waals surface area contributed by atoms with E-state index in [0.717, 1.165) is 20.8 Å². The Bertz CT molecular complexity index is 517. The first-order valence-corrected chi connectivity index (χ1v) is 7.24. The van der Waals surface area contributed by atoms with Crippen molar-refractivity contribution in [3.8, 4) is 0 Å². The van der Waals surface area contributed by atoms with Crippen LogP contribution in [0.25, 0.3) is 0 Å². The van der Waals surface area contributed by atoms with Gasteiger partial charge in [-0.05, 0) is 31.0 Å². The highest BCUT2D eigenvalue weighted by Gasteiger charge is 2.05. The van der Waals surface area contributed by atoms with Gasteiger partial charge < -0.3 is 5.73 Å². The summed E-state index contributed by atoms with van der Waals surface area (Å²) in [6, 6.07) is 6.45. The molecule has 0 amide bonds. The van der Waals surface area contributed by atoms with Crippen LogP contribution in [0.15, 0.2) is 51.2 Å². The van der Waals surface area contributed by atoms with Crippen molar-refractivity contribution in [1.82, 2.24) is 9.97 Å². The SMILES string of the molecule is CC(N)Cc1ccc(Sc2cnccn2)cc1Br. The number of halogens is 1. The standard InChI is InChI=1S/C13H14BrN3S/c1-9(15)6-10-2-3-11(7-12(10)14)18-13-8-16-4-5-17-13/h2-5,7-9H,6,15H2,1H3. The number of nitrogens with zero attached hydrogens (tertiary/aromatic N) is 2. The van der Waals surface area contributed by atoms with Gasteiger partial charge in [0.15, 0.2) is 0 Å². The van der Waals surface area contributed by atoms with Crippen molar-refractivity contribution in [1.29, 1.82) is 0 Å². The minimum Gasteiger partial charge on any atom is -0.328 e. The molecule has 2 rings (SSSR count). The average molecular weight is 324 g/mol. The monoisotopic (exact) mass is 323 g/mol. The molecule has 0 radical (unpaired) electrons. The van der Waals surface area contributed by atoms with Crippen LogP contribution in [0.5, 0.6) is 0 Å². The van der Waals surface area contributed by atoms with Gasteiger partial charge in [-0.15, -0.1) is 0 Å². The minimum absolute atomic E-state index is 0.166. The summed E-state index contributed by atoms with van der Waals surface area (Å²) in [6.07, 6.45) is 6.00. The van der Waals surface area contributed by atoms with Crippen LogP contribution >= 0.6 is 27.7 Å². The van der Waals surface area contributed by atoms with E-state index >= 15 is 0 Å². The van der Waals surface area contributed by atoms with Gasteiger partial charge in [0.05, 0.1) is 6.20 Å². The fraction of sp³-hybridized carbons (Fsp3) is 0.231. The lowest BCUT2D eigenvalue weighted by Crippen LogP contribution is -2.17. The van der Waals surface area contributed by atoms with Crippen LogP contribution < -0.4 is 5.73 Å². The quantitative estimate of drug-likeness (QED) is 0.938. The van der Waals surface area contributed by atoms with Crippen molar-refractivity contribution in [3.63, 3.8) is 0 Å². The second kappa shape index (κ2) is 6.31. The van der Waals surface area contributed by atoms with Gasteiger partial charge in [-0.2, -0.15) is 0 Å². The lowest BCUT2D eigenvalue weighted by atomic mass is 10.1. The third-order valence-corrected chi connectivity index (χ3v) is 3.98. The summed E-state index contributed by atoms with van der Waals surface area (Å²) < 4.78 is 1.09. The molecule has 1 heterocycles. The van der Waals surface area contributed by atoms with E-state index in [4.69, 9.17) is 5.73 Å². The zero-order valence-corrected chi connectivity index (χ0v) is 12.4. The third-order valence-electron chi connectivity index (χ3n) is 2.33. The summed E-state index contributed by atoms with van der Waals surface area (Å²) in [6.45, 7) is 2.01. The molecule has 0 aliphatic carbocycles. The Morgan fingerprint density at radius 2 is 2.22 bits per heavy atom. The Hall–Kier alpha value is -0.910. The Labute approximate surface area is 119 Å². The number of hydrogen-bond donors (Lipinski definition) is 1. The summed E-state index contributed by atoms with van der Waals surface area (Å²) in [7, 11) is 0. The predicted molar refractivity (Wildman–Crippen MR) is 77.7 cm³/mol. The van der Waals surface area contributed by atoms with Gasteiger partial charge in [0.1, 0.15) is 5.03 Å². The summed E-state index contributed by atoms with van der Waals surface area (Å²) in [5.74, 6) is 0. The molecule has 1 atom stereocenters. The molecule has 5 heteroatoms. The van der Waals surface area contributed by atoms with Gasteiger partial charge in [0.2, 0.25) is 0 Å². The van der Waals surface area contributed by atoms with Gasteiger partial charge in [0, 0.05) is 27.8 Å². The van der Waals surface area contributed by atoms with E-state index in [1.165, 1.54) is 5.56 Å². The first kappa shape index (κ1) is 13.5. The van der Waals surface area contributed by atoms with Crippen LogP contribution in [0.1, 0.15) is 12.5 Å². The molecule has 0 aliphatic heterocycles. The maximum absolute atomic E-state index is 5.81. The molecule has 0 fully saturated rings. The highest BCUT2D eigenvalue weighted by atomic mass is 79.9. The van der Waals surface area contributed by atoms with E-state index < -0.39 is 0 Å². The summed E-state index contributed by atoms with van der Waals surface area (Å²) in [5.41, 5.74) is 7.04. The normalized spacial score (nSPS) is 12.4. The van der Waals surface area contributed by atoms with E-state index in [2.05, 4.69) is 44.1 Å². The van der Waals surface area contributed by atoms with Crippen molar-refractivity contribution in [2.45, 2.75) is 29.3 Å². The summed E-state index contributed by atoms with van der Waals surface area (Å²) in [4.78, 5) is 9.42. The van der Waals surface area contributed by atoms with Crippen LogP contribution in [0, 0.1) is 0 Å². The van der Waals surface area contributed by atoms with Crippen molar-refractivity contribution in [2.24, 2.45) is 5.73 Å². The molecule has 94 valence electrons. The van der Waals surface area contributed by atoms with Gasteiger partial charge in [0.25, 0.3) is 0 Å². The highest BCUT2D eigenvalue weighted by Crippen LogP contribution is 2.29. The average Bonchev–Trinajstić information content (AvgIpc) is 2.33. The molecule has 1 aromatic carbocycles. The predicted octanol–water partition coefficient (Wildman–Crippen LogP) is 3.28. The Kier molecular flexibility index (Phi) is 4.74. The smallest absolute Gasteiger partial charge is 0.119 e. The first-order chi connectivity index (χ1) is 8.65. The maximum atomic E-state index is 5.81. The van der Waals surface area contributed by atoms with E-state index in [9.17, 15) is 0 Å². The summed E-state index contributed by atoms with van der Waals surface area (Å²) in [5, 5.41) is 0.893. The van der Waals surface area contributed by atoms with Gasteiger partial charge in [-0.3, -0.25) is 4.98 Å². The van der Waals surface area contributed by atoms with Crippen LogP contribution in [0.2, 0.25) is 0 Å². The molecule has 0 bridgehead atoms. The molecule has 18 heavy (non-hydrogen) atoms. The number of hydrogen-bond acceptors (Lipinski definition) is 4. The molecule has 1 aromatic heterocycles. The van der Waals surface area contributed by atoms with Crippen LogP contribution in [0.4, 0.5) is 0 Å². The third kappa shape index (κ3) is 3.80. The summed E-state index contributed by atoms with van der Waals surface area (Å²) >= 11 is 5.18. The molecule has 1 unspecified atom stereocenters. The fourth-order valence-electron chi connectivity index (χ4n) is 1.56. The Morgan fingerprint density at radius 1 is 1.39 bits per heavy atom. The van der Waals surface area contributed by atoms with Crippen LogP contribution in [-0.2, 0) is 6.42 Å². The van der Waals surface area contributed by atoms with Crippen molar-refractivity contribution < 1.29 is 0 Å². The maximum Gasteiger partial charge on any atom is 0.119 e. The molecular formula is C13H14BrN3S. The Balaban J connectivity index is 2.14. The highest BCUT2D eigenvalue weighted by molar-refractivity contribution is 9.10. The van der Waals surface area contributed by atoms with E-state index in [1.54, 1.807) is 30.4 Å². The minimum atomic E-state index is 0.166. The van der Waals surface area contributed by atoms with Crippen molar-refractivity contribution in [3.05, 3.63) is 46.8 Å². The van der Waals surface area contributed by atoms with Crippen LogP contribution in [-0.4, -0.2) is 16.0 Å². The zero-order valence-electron chi connectivity index (χ0n) is 10.0. The largest absolute Gasteiger partial charge is 0.328 e. The molecule has 3 nitrogen and oxygen atoms in total. The van der Waals surface area contributed by atoms with Gasteiger partial charge in [-0.25, -0.2) is 4.98 Å².